The molecule has 4 aromatic carbocycles. The van der Waals surface area contributed by atoms with Gasteiger partial charge in [0.1, 0.15) is 61.0 Å². The molecule has 6 rings (SSSR count). The van der Waals surface area contributed by atoms with Crippen molar-refractivity contribution in [2.75, 3.05) is 6.61 Å². The normalized spacial score (nSPS) is 12.7. The summed E-state index contributed by atoms with van der Waals surface area (Å²) in [6.07, 6.45) is 6.83. The lowest BCUT2D eigenvalue weighted by molar-refractivity contribution is -0.150. The fraction of sp³-hybridized carbons (Fsp3) is 0.296. The van der Waals surface area contributed by atoms with E-state index in [1.165, 1.54) is 19.3 Å². The van der Waals surface area contributed by atoms with Crippen LogP contribution >= 0.6 is 23.2 Å². The number of carboxylic acids is 2. The molecule has 16 heteroatoms. The molecule has 4 N–H and O–H groups in total. The standard InChI is InChI=1S/C54H53Cl2N5O9/c1-7-54(5,52(65)66)61-26-41-19-46(56)50(21-48(41)68-28-36-16-35(22-57)23-59-24-36)70-31-40-11-9-13-44(34(40)3)43-12-8-10-39(33(43)2)30-69-49-20-47(67-29-37-17-42(58-6)27-60-25-37)38(18-45(49)55)14-15-53(4,32-62)51(63)64/h8-13,16-21,23-25,27,61-62H,7,14-15,26,28-32H2,1-5H3,(H,63,64)(H,65,66)/t53-,54-/m0/s1. The molecule has 0 radical (unpaired) electrons. The lowest BCUT2D eigenvalue weighted by atomic mass is 9.85. The lowest BCUT2D eigenvalue weighted by Crippen LogP contribution is -2.48. The molecule has 0 fully saturated rings. The van der Waals surface area contributed by atoms with Crippen LogP contribution in [0.2, 0.25) is 10.0 Å². The minimum atomic E-state index is -1.38. The van der Waals surface area contributed by atoms with Crippen LogP contribution in [-0.2, 0) is 49.0 Å². The van der Waals surface area contributed by atoms with Crippen LogP contribution in [0.1, 0.15) is 83.7 Å². The summed E-state index contributed by atoms with van der Waals surface area (Å²) >= 11 is 13.7. The predicted octanol–water partition coefficient (Wildman–Crippen LogP) is 11.2. The van der Waals surface area contributed by atoms with Crippen molar-refractivity contribution in [1.82, 2.24) is 15.3 Å². The molecule has 362 valence electrons. The number of aliphatic hydroxyl groups is 1. The third-order valence-electron chi connectivity index (χ3n) is 12.5. The molecule has 2 heterocycles. The molecular weight excluding hydrogens is 934 g/mol. The van der Waals surface area contributed by atoms with Gasteiger partial charge in [0.05, 0.1) is 34.2 Å². The van der Waals surface area contributed by atoms with Gasteiger partial charge in [-0.1, -0.05) is 66.5 Å². The van der Waals surface area contributed by atoms with Gasteiger partial charge in [0.25, 0.3) is 0 Å². The molecule has 0 aliphatic carbocycles. The van der Waals surface area contributed by atoms with Crippen molar-refractivity contribution in [2.24, 2.45) is 5.41 Å². The first kappa shape index (κ1) is 52.2. The highest BCUT2D eigenvalue weighted by Gasteiger charge is 2.33. The largest absolute Gasteiger partial charge is 0.488 e. The first-order valence-corrected chi connectivity index (χ1v) is 23.1. The second-order valence-corrected chi connectivity index (χ2v) is 18.2. The summed E-state index contributed by atoms with van der Waals surface area (Å²) in [6.45, 7) is 16.4. The number of carboxylic acid groups (broad SMARTS) is 2. The van der Waals surface area contributed by atoms with Gasteiger partial charge in [-0.25, -0.2) is 4.85 Å². The minimum Gasteiger partial charge on any atom is -0.488 e. The maximum atomic E-state index is 12.1. The summed E-state index contributed by atoms with van der Waals surface area (Å²) in [7, 11) is 0. The molecule has 0 spiro atoms. The molecule has 2 atom stereocenters. The summed E-state index contributed by atoms with van der Waals surface area (Å²) in [4.78, 5) is 35.8. The molecule has 6 aromatic rings. The van der Waals surface area contributed by atoms with Gasteiger partial charge < -0.3 is 34.3 Å². The van der Waals surface area contributed by atoms with Gasteiger partial charge in [-0.05, 0) is 116 Å². The Morgan fingerprint density at radius 3 is 1.77 bits per heavy atom. The summed E-state index contributed by atoms with van der Waals surface area (Å²) in [5.41, 5.74) is 6.47. The summed E-state index contributed by atoms with van der Waals surface area (Å²) < 4.78 is 25.2. The van der Waals surface area contributed by atoms with E-state index in [9.17, 15) is 30.2 Å². The van der Waals surface area contributed by atoms with Crippen molar-refractivity contribution in [3.63, 3.8) is 0 Å². The highest BCUT2D eigenvalue weighted by Crippen LogP contribution is 2.39. The smallest absolute Gasteiger partial charge is 0.323 e. The number of ether oxygens (including phenoxy) is 4. The summed E-state index contributed by atoms with van der Waals surface area (Å²) in [6, 6.07) is 24.1. The molecule has 0 saturated carbocycles. The molecule has 0 amide bonds. The number of halogens is 2. The molecule has 0 aliphatic heterocycles. The van der Waals surface area contributed by atoms with Crippen LogP contribution in [0.4, 0.5) is 5.69 Å². The van der Waals surface area contributed by atoms with Crippen molar-refractivity contribution in [3.8, 4) is 40.2 Å². The van der Waals surface area contributed by atoms with Gasteiger partial charge in [0, 0.05) is 54.6 Å². The Morgan fingerprint density at radius 1 is 0.729 bits per heavy atom. The molecular formula is C54H53Cl2N5O9. The SMILES string of the molecule is [C-]#[N+]c1cncc(COc2cc(OCc3cccc(-c4cccc(COc5cc(OCc6cncc(C#N)c6)c(CN[C@@](C)(CC)C(=O)O)cc5Cl)c4C)c3C)c(Cl)cc2CC[C@@](C)(CO)C(=O)O)c1. The Hall–Kier alpha value is -7.20. The monoisotopic (exact) mass is 985 g/mol. The van der Waals surface area contributed by atoms with Gasteiger partial charge in [0.2, 0.25) is 5.69 Å². The van der Waals surface area contributed by atoms with Crippen LogP contribution in [0.15, 0.2) is 97.6 Å². The number of pyridine rings is 2. The highest BCUT2D eigenvalue weighted by molar-refractivity contribution is 6.32. The molecule has 0 aliphatic rings. The molecule has 0 unspecified atom stereocenters. The number of nitrogens with zero attached hydrogens (tertiary/aromatic N) is 4. The maximum absolute atomic E-state index is 12.1. The van der Waals surface area contributed by atoms with E-state index in [2.05, 4.69) is 26.2 Å². The van der Waals surface area contributed by atoms with E-state index in [0.717, 1.165) is 33.4 Å². The zero-order chi connectivity index (χ0) is 50.6. The van der Waals surface area contributed by atoms with E-state index in [1.54, 1.807) is 62.6 Å². The number of nitrogens with one attached hydrogen (secondary N) is 1. The van der Waals surface area contributed by atoms with Crippen molar-refractivity contribution < 1.29 is 43.9 Å². The van der Waals surface area contributed by atoms with Crippen molar-refractivity contribution in [2.45, 2.75) is 92.4 Å². The fourth-order valence-corrected chi connectivity index (χ4v) is 7.90. The van der Waals surface area contributed by atoms with Crippen molar-refractivity contribution in [3.05, 3.63) is 169 Å². The summed E-state index contributed by atoms with van der Waals surface area (Å²) in [5.74, 6) is -0.574. The van der Waals surface area contributed by atoms with Crippen LogP contribution < -0.4 is 24.3 Å². The van der Waals surface area contributed by atoms with Gasteiger partial charge in [-0.3, -0.25) is 24.9 Å². The topological polar surface area (TPSA) is 198 Å². The van der Waals surface area contributed by atoms with E-state index < -0.39 is 29.5 Å². The predicted molar refractivity (Wildman–Crippen MR) is 265 cm³/mol. The number of nitriles is 1. The van der Waals surface area contributed by atoms with Crippen LogP contribution in [0.25, 0.3) is 16.0 Å². The van der Waals surface area contributed by atoms with Crippen molar-refractivity contribution in [1.29, 1.82) is 5.26 Å². The summed E-state index contributed by atoms with van der Waals surface area (Å²) in [5, 5.41) is 42.7. The average Bonchev–Trinajstić information content (AvgIpc) is 3.36. The zero-order valence-corrected chi connectivity index (χ0v) is 40.9. The second kappa shape index (κ2) is 23.4. The molecule has 70 heavy (non-hydrogen) atoms. The fourth-order valence-electron chi connectivity index (χ4n) is 7.42. The quantitative estimate of drug-likeness (QED) is 0.0443. The number of carbonyl (C=O) groups is 2. The second-order valence-electron chi connectivity index (χ2n) is 17.3. The van der Waals surface area contributed by atoms with E-state index in [1.807, 2.05) is 50.2 Å². The number of rotatable bonds is 23. The highest BCUT2D eigenvalue weighted by atomic mass is 35.5. The van der Waals surface area contributed by atoms with Crippen molar-refractivity contribution >= 4 is 40.8 Å². The number of hydrogen-bond acceptors (Lipinski definition) is 11. The Balaban J connectivity index is 1.22. The Labute approximate surface area is 417 Å². The molecule has 0 bridgehead atoms. The maximum Gasteiger partial charge on any atom is 0.323 e. The van der Waals surface area contributed by atoms with E-state index in [0.29, 0.717) is 73.0 Å². The number of benzene rings is 4. The van der Waals surface area contributed by atoms with E-state index >= 15 is 0 Å². The number of aliphatic hydroxyl groups excluding tert-OH is 1. The Morgan fingerprint density at radius 2 is 1.26 bits per heavy atom. The minimum absolute atomic E-state index is 0.0745. The van der Waals surface area contributed by atoms with Gasteiger partial charge in [-0.15, -0.1) is 0 Å². The van der Waals surface area contributed by atoms with Crippen LogP contribution in [0.3, 0.4) is 0 Å². The number of hydrogen-bond donors (Lipinski definition) is 4. The zero-order valence-electron chi connectivity index (χ0n) is 39.4. The van der Waals surface area contributed by atoms with E-state index in [4.69, 9.17) is 48.7 Å². The molecule has 14 nitrogen and oxygen atoms in total. The average molecular weight is 987 g/mol. The lowest BCUT2D eigenvalue weighted by Gasteiger charge is -2.25. The molecule has 0 saturated heterocycles. The van der Waals surface area contributed by atoms with Crippen LogP contribution in [0.5, 0.6) is 23.0 Å². The Kier molecular flexibility index (Phi) is 17.4. The van der Waals surface area contributed by atoms with Crippen LogP contribution in [-0.4, -0.2) is 49.4 Å². The first-order valence-electron chi connectivity index (χ1n) is 22.3. The van der Waals surface area contributed by atoms with Gasteiger partial charge in [0.15, 0.2) is 0 Å². The van der Waals surface area contributed by atoms with Gasteiger partial charge in [-0.2, -0.15) is 5.26 Å². The van der Waals surface area contributed by atoms with E-state index in [-0.39, 0.29) is 45.8 Å². The third kappa shape index (κ3) is 12.7. The first-order chi connectivity index (χ1) is 33.5. The van der Waals surface area contributed by atoms with Crippen LogP contribution in [0, 0.1) is 37.2 Å². The third-order valence-corrected chi connectivity index (χ3v) is 13.1. The number of aryl methyl sites for hydroxylation is 1. The Bertz CT molecular complexity index is 2770. The molecule has 2 aromatic heterocycles. The number of aromatic nitrogens is 2. The van der Waals surface area contributed by atoms with Gasteiger partial charge >= 0.3 is 11.9 Å². The number of aliphatic carboxylic acids is 2.